The number of halogens is 3. The maximum Gasteiger partial charge on any atom is 0.339 e. The van der Waals surface area contributed by atoms with Crippen LogP contribution in [0.1, 0.15) is 42.8 Å². The van der Waals surface area contributed by atoms with Crippen LogP contribution in [0.15, 0.2) is 30.7 Å². The molecule has 2 aromatic rings. The van der Waals surface area contributed by atoms with Crippen LogP contribution in [0.5, 0.6) is 0 Å². The molecule has 0 radical (unpaired) electrons. The number of fused-ring (bicyclic) bond motifs is 3. The topological polar surface area (TPSA) is 65.7 Å². The van der Waals surface area contributed by atoms with E-state index < -0.39 is 36.4 Å². The van der Waals surface area contributed by atoms with Gasteiger partial charge in [-0.25, -0.2) is 8.97 Å². The smallest absolute Gasteiger partial charge is 0.339 e. The van der Waals surface area contributed by atoms with Gasteiger partial charge in [-0.3, -0.25) is 0 Å². The standard InChI is InChI=1S/C23H21Cl2FN3O4/c1-23(2)32-18-16(8-29-6-5-13-21(25)27-10-28-22(13)29)31-19(20(18)33-23)17-12-4-3-11(24)7-14(12)15(26)9-30-17/h3-8,10,15-20H,9H2,1-2H3/q+1/b29-8-/t15-,16?,17+,18-,19+,20-/m0/s1. The summed E-state index contributed by atoms with van der Waals surface area (Å²) in [6, 6.07) is 5.18. The fourth-order valence-electron chi connectivity index (χ4n) is 4.96. The molecule has 7 nitrogen and oxygen atoms in total. The third kappa shape index (κ3) is 3.60. The average Bonchev–Trinajstić information content (AvgIpc) is 3.42. The second kappa shape index (κ2) is 7.80. The number of alkyl halides is 1. The van der Waals surface area contributed by atoms with Crippen LogP contribution < -0.4 is 0 Å². The van der Waals surface area contributed by atoms with E-state index in [4.69, 9.17) is 42.1 Å². The van der Waals surface area contributed by atoms with E-state index in [1.165, 1.54) is 6.33 Å². The van der Waals surface area contributed by atoms with E-state index in [0.717, 1.165) is 5.56 Å². The largest absolute Gasteiger partial charge is 0.367 e. The first kappa shape index (κ1) is 21.6. The maximum atomic E-state index is 14.6. The lowest BCUT2D eigenvalue weighted by molar-refractivity contribution is -0.359. The molecule has 0 aliphatic carbocycles. The molecule has 2 fully saturated rings. The fraction of sp³-hybridized carbons (Fsp3) is 0.435. The van der Waals surface area contributed by atoms with E-state index >= 15 is 0 Å². The summed E-state index contributed by atoms with van der Waals surface area (Å²) in [5.41, 5.74) is 1.97. The Morgan fingerprint density at radius 3 is 2.79 bits per heavy atom. The van der Waals surface area contributed by atoms with Crippen molar-refractivity contribution < 1.29 is 27.9 Å². The van der Waals surface area contributed by atoms with Crippen LogP contribution in [0.2, 0.25) is 10.2 Å². The van der Waals surface area contributed by atoms with Gasteiger partial charge in [0, 0.05) is 5.02 Å². The summed E-state index contributed by atoms with van der Waals surface area (Å²) in [4.78, 5) is 8.37. The van der Waals surface area contributed by atoms with Gasteiger partial charge in [-0.2, -0.15) is 4.98 Å². The second-order valence-electron chi connectivity index (χ2n) is 8.90. The normalized spacial score (nSPS) is 35.0. The molecule has 4 aliphatic rings. The molecular weight excluding hydrogens is 472 g/mol. The van der Waals surface area contributed by atoms with Crippen molar-refractivity contribution in [2.24, 2.45) is 0 Å². The summed E-state index contributed by atoms with van der Waals surface area (Å²) in [5, 5.41) is 0.860. The van der Waals surface area contributed by atoms with Crippen molar-refractivity contribution in [3.63, 3.8) is 0 Å². The van der Waals surface area contributed by atoms with Gasteiger partial charge in [-0.15, -0.1) is 0 Å². The third-order valence-corrected chi connectivity index (χ3v) is 6.84. The molecule has 0 spiro atoms. The van der Waals surface area contributed by atoms with Gasteiger partial charge in [0.25, 0.3) is 0 Å². The molecule has 172 valence electrons. The summed E-state index contributed by atoms with van der Waals surface area (Å²) in [6.07, 6.45) is 3.46. The summed E-state index contributed by atoms with van der Waals surface area (Å²) >= 11 is 12.3. The Bertz CT molecular complexity index is 1190. The van der Waals surface area contributed by atoms with Crippen LogP contribution in [0.25, 0.3) is 6.08 Å². The Kier molecular flexibility index (Phi) is 5.10. The minimum atomic E-state index is -1.25. The Balaban J connectivity index is 1.36. The minimum Gasteiger partial charge on any atom is -0.367 e. The zero-order valence-electron chi connectivity index (χ0n) is 17.8. The zero-order chi connectivity index (χ0) is 22.9. The summed E-state index contributed by atoms with van der Waals surface area (Å²) in [7, 11) is 0. The first-order valence-corrected chi connectivity index (χ1v) is 11.4. The van der Waals surface area contributed by atoms with Gasteiger partial charge in [0.2, 0.25) is 6.33 Å². The van der Waals surface area contributed by atoms with Gasteiger partial charge >= 0.3 is 5.82 Å². The number of ether oxygens (including phenoxy) is 4. The van der Waals surface area contributed by atoms with E-state index in [9.17, 15) is 4.39 Å². The molecule has 1 unspecified atom stereocenters. The number of benzene rings is 1. The molecule has 0 N–H and O–H groups in total. The Morgan fingerprint density at radius 1 is 1.12 bits per heavy atom. The second-order valence-corrected chi connectivity index (χ2v) is 9.69. The molecule has 6 atom stereocenters. The van der Waals surface area contributed by atoms with Gasteiger partial charge in [0.05, 0.1) is 12.8 Å². The van der Waals surface area contributed by atoms with Crippen molar-refractivity contribution in [2.75, 3.05) is 6.61 Å². The van der Waals surface area contributed by atoms with Gasteiger partial charge in [0.1, 0.15) is 53.6 Å². The lowest BCUT2D eigenvalue weighted by Gasteiger charge is -2.34. The SMILES string of the molecule is CC1(C)O[C@@H]2[C@@H]([C@@H]3OC[C@H](F)c4cc(Cl)ccc43)OC(/C=[N+]3/C=Cc4c(Cl)ncnc43)[C@@H]2O1. The monoisotopic (exact) mass is 492 g/mol. The van der Waals surface area contributed by atoms with Gasteiger partial charge < -0.3 is 18.9 Å². The van der Waals surface area contributed by atoms with Crippen molar-refractivity contribution in [1.29, 1.82) is 0 Å². The molecule has 0 saturated carbocycles. The van der Waals surface area contributed by atoms with E-state index in [1.54, 1.807) is 18.2 Å². The predicted molar refractivity (Wildman–Crippen MR) is 119 cm³/mol. The zero-order valence-corrected chi connectivity index (χ0v) is 19.3. The van der Waals surface area contributed by atoms with Crippen LogP contribution in [0, 0.1) is 0 Å². The number of hydrogen-bond donors (Lipinski definition) is 0. The number of hydrogen-bond acceptors (Lipinski definition) is 6. The van der Waals surface area contributed by atoms with Crippen molar-refractivity contribution in [3.8, 4) is 0 Å². The van der Waals surface area contributed by atoms with E-state index in [2.05, 4.69) is 9.97 Å². The molecule has 4 aliphatic heterocycles. The van der Waals surface area contributed by atoms with E-state index in [-0.39, 0.29) is 12.7 Å². The highest BCUT2D eigenvalue weighted by atomic mass is 35.5. The molecule has 1 aromatic carbocycles. The lowest BCUT2D eigenvalue weighted by Crippen LogP contribution is -2.37. The molecule has 1 aromatic heterocycles. The molecule has 33 heavy (non-hydrogen) atoms. The highest BCUT2D eigenvalue weighted by Gasteiger charge is 2.58. The Morgan fingerprint density at radius 2 is 1.94 bits per heavy atom. The Hall–Kier alpha value is -1.94. The van der Waals surface area contributed by atoms with Crippen LogP contribution >= 0.6 is 23.2 Å². The maximum absolute atomic E-state index is 14.6. The highest BCUT2D eigenvalue weighted by molar-refractivity contribution is 6.31. The summed E-state index contributed by atoms with van der Waals surface area (Å²) < 4.78 is 41.3. The molecule has 5 heterocycles. The lowest BCUT2D eigenvalue weighted by atomic mass is 9.91. The van der Waals surface area contributed by atoms with Crippen molar-refractivity contribution in [2.45, 2.75) is 56.3 Å². The molecule has 2 saturated heterocycles. The van der Waals surface area contributed by atoms with Crippen LogP contribution in [-0.4, -0.2) is 57.6 Å². The first-order chi connectivity index (χ1) is 15.8. The van der Waals surface area contributed by atoms with Crippen LogP contribution in [0.4, 0.5) is 10.2 Å². The number of aromatic nitrogens is 2. The third-order valence-electron chi connectivity index (χ3n) is 6.31. The van der Waals surface area contributed by atoms with Crippen molar-refractivity contribution in [3.05, 3.63) is 57.6 Å². The molecule has 6 rings (SSSR count). The van der Waals surface area contributed by atoms with Gasteiger partial charge in [0.15, 0.2) is 5.79 Å². The first-order valence-electron chi connectivity index (χ1n) is 10.7. The van der Waals surface area contributed by atoms with Gasteiger partial charge in [-0.05, 0) is 48.2 Å². The van der Waals surface area contributed by atoms with Crippen LogP contribution in [-0.2, 0) is 18.9 Å². The molecule has 10 heteroatoms. The highest BCUT2D eigenvalue weighted by Crippen LogP contribution is 2.47. The van der Waals surface area contributed by atoms with E-state index in [0.29, 0.717) is 27.1 Å². The van der Waals surface area contributed by atoms with Crippen molar-refractivity contribution in [1.82, 2.24) is 9.97 Å². The number of nitrogens with zero attached hydrogens (tertiary/aromatic N) is 3. The van der Waals surface area contributed by atoms with Crippen molar-refractivity contribution >= 4 is 41.3 Å². The fourth-order valence-corrected chi connectivity index (χ4v) is 5.33. The van der Waals surface area contributed by atoms with E-state index in [1.807, 2.05) is 36.9 Å². The average molecular weight is 493 g/mol. The molecule has 0 bridgehead atoms. The van der Waals surface area contributed by atoms with Crippen LogP contribution in [0.3, 0.4) is 0 Å². The van der Waals surface area contributed by atoms with Gasteiger partial charge in [-0.1, -0.05) is 29.3 Å². The minimum absolute atomic E-state index is 0.0778. The molecular formula is C23H21Cl2FN3O4+. The predicted octanol–water partition coefficient (Wildman–Crippen LogP) is 4.55. The number of rotatable bonds is 2. The molecule has 0 amide bonds. The summed E-state index contributed by atoms with van der Waals surface area (Å²) in [5.74, 6) is -0.140. The Labute approximate surface area is 199 Å². The quantitative estimate of drug-likeness (QED) is 0.452. The summed E-state index contributed by atoms with van der Waals surface area (Å²) in [6.45, 7) is 3.65.